The molecule has 1 aliphatic rings. The Balaban J connectivity index is 2.01. The Morgan fingerprint density at radius 1 is 0.950 bits per heavy atom. The molecule has 0 saturated heterocycles. The number of aromatic hydroxyl groups is 1. The second-order valence-electron chi connectivity index (χ2n) is 8.46. The Morgan fingerprint density at radius 2 is 1.55 bits per heavy atom. The molecule has 1 unspecified atom stereocenters. The van der Waals surface area contributed by atoms with Gasteiger partial charge in [0.25, 0.3) is 10.0 Å². The SMILES string of the molecule is COC(=O)C1=C(C(=O)OC)N(c2ccccc2S(=O)(=O)Nc2ccc(O)cc2)C(N)=C(C#N)C1c1ccccc1. The topological polar surface area (TPSA) is 172 Å². The number of anilines is 2. The number of carbonyl (C=O) groups is 2. The van der Waals surface area contributed by atoms with Crippen molar-refractivity contribution in [2.24, 2.45) is 5.73 Å². The highest BCUT2D eigenvalue weighted by atomic mass is 32.2. The predicted molar refractivity (Wildman–Crippen MR) is 145 cm³/mol. The number of nitrogens with one attached hydrogen (secondary N) is 1. The fourth-order valence-electron chi connectivity index (χ4n) is 4.37. The molecule has 3 aromatic rings. The zero-order chi connectivity index (χ0) is 29.0. The molecule has 12 heteroatoms. The highest BCUT2D eigenvalue weighted by Crippen LogP contribution is 2.44. The number of methoxy groups -OCH3 is 2. The molecule has 0 saturated carbocycles. The van der Waals surface area contributed by atoms with Crippen molar-refractivity contribution < 1.29 is 32.6 Å². The first-order valence-corrected chi connectivity index (χ1v) is 13.2. The molecule has 4 rings (SSSR count). The van der Waals surface area contributed by atoms with Gasteiger partial charge < -0.3 is 20.3 Å². The Bertz CT molecular complexity index is 1680. The van der Waals surface area contributed by atoms with Gasteiger partial charge in [-0.25, -0.2) is 18.0 Å². The van der Waals surface area contributed by atoms with Crippen molar-refractivity contribution in [3.05, 3.63) is 107 Å². The van der Waals surface area contributed by atoms with E-state index in [1.807, 2.05) is 6.07 Å². The molecule has 0 aliphatic carbocycles. The van der Waals surface area contributed by atoms with Crippen molar-refractivity contribution >= 4 is 33.3 Å². The third-order valence-electron chi connectivity index (χ3n) is 6.13. The van der Waals surface area contributed by atoms with E-state index < -0.39 is 33.6 Å². The quantitative estimate of drug-likeness (QED) is 0.288. The van der Waals surface area contributed by atoms with Crippen molar-refractivity contribution in [2.45, 2.75) is 10.8 Å². The molecule has 40 heavy (non-hydrogen) atoms. The van der Waals surface area contributed by atoms with Gasteiger partial charge in [-0.05, 0) is 42.0 Å². The summed E-state index contributed by atoms with van der Waals surface area (Å²) < 4.78 is 39.6. The number of phenolic OH excluding ortho intramolecular Hbond substituents is 1. The molecular formula is C28H24N4O7S. The fraction of sp³-hybridized carbons (Fsp3) is 0.107. The molecule has 0 radical (unpaired) electrons. The smallest absolute Gasteiger partial charge is 0.355 e. The largest absolute Gasteiger partial charge is 0.508 e. The minimum absolute atomic E-state index is 0.0604. The number of benzene rings is 3. The van der Waals surface area contributed by atoms with Crippen molar-refractivity contribution in [1.82, 2.24) is 0 Å². The zero-order valence-electron chi connectivity index (χ0n) is 21.4. The highest BCUT2D eigenvalue weighted by molar-refractivity contribution is 7.92. The summed E-state index contributed by atoms with van der Waals surface area (Å²) in [5, 5.41) is 19.7. The highest BCUT2D eigenvalue weighted by Gasteiger charge is 2.44. The number of allylic oxidation sites excluding steroid dienone is 1. The second-order valence-corrected chi connectivity index (χ2v) is 10.1. The van der Waals surface area contributed by atoms with Gasteiger partial charge in [0.1, 0.15) is 22.2 Å². The van der Waals surface area contributed by atoms with Gasteiger partial charge in [-0.15, -0.1) is 0 Å². The van der Waals surface area contributed by atoms with Crippen molar-refractivity contribution in [2.75, 3.05) is 23.8 Å². The first-order chi connectivity index (χ1) is 19.1. The van der Waals surface area contributed by atoms with Gasteiger partial charge in [0.05, 0.1) is 43.0 Å². The third kappa shape index (κ3) is 5.05. The first-order valence-electron chi connectivity index (χ1n) is 11.7. The number of esters is 2. The average Bonchev–Trinajstić information content (AvgIpc) is 2.97. The van der Waals surface area contributed by atoms with Crippen LogP contribution in [-0.2, 0) is 29.1 Å². The molecule has 4 N–H and O–H groups in total. The van der Waals surface area contributed by atoms with E-state index in [1.54, 1.807) is 30.3 Å². The van der Waals surface area contributed by atoms with Gasteiger partial charge in [-0.3, -0.25) is 9.62 Å². The Hall–Kier alpha value is -5.28. The lowest BCUT2D eigenvalue weighted by Gasteiger charge is -2.36. The molecule has 0 fully saturated rings. The lowest BCUT2D eigenvalue weighted by molar-refractivity contribution is -0.139. The number of rotatable bonds is 7. The number of ether oxygens (including phenoxy) is 2. The lowest BCUT2D eigenvalue weighted by Crippen LogP contribution is -2.41. The molecule has 0 amide bonds. The van der Waals surface area contributed by atoms with Crippen molar-refractivity contribution in [3.8, 4) is 11.8 Å². The van der Waals surface area contributed by atoms with Crippen LogP contribution in [0.5, 0.6) is 5.75 Å². The normalized spacial score (nSPS) is 15.3. The maximum absolute atomic E-state index is 13.6. The number of nitrogens with two attached hydrogens (primary N) is 1. The van der Waals surface area contributed by atoms with E-state index in [0.717, 1.165) is 19.1 Å². The number of sulfonamides is 1. The molecule has 204 valence electrons. The summed E-state index contributed by atoms with van der Waals surface area (Å²) in [6, 6.07) is 21.4. The number of nitrogens with zero attached hydrogens (tertiary/aromatic N) is 2. The maximum atomic E-state index is 13.6. The van der Waals surface area contributed by atoms with Crippen LogP contribution in [0.3, 0.4) is 0 Å². The van der Waals surface area contributed by atoms with Crippen molar-refractivity contribution in [1.29, 1.82) is 5.26 Å². The van der Waals surface area contributed by atoms with Crippen LogP contribution in [0.15, 0.2) is 106 Å². The summed E-state index contributed by atoms with van der Waals surface area (Å²) in [4.78, 5) is 27.2. The maximum Gasteiger partial charge on any atom is 0.355 e. The minimum atomic E-state index is -4.34. The van der Waals surface area contributed by atoms with Crippen LogP contribution >= 0.6 is 0 Å². The molecule has 0 spiro atoms. The molecule has 1 heterocycles. The third-order valence-corrected chi connectivity index (χ3v) is 7.55. The van der Waals surface area contributed by atoms with Gasteiger partial charge in [-0.1, -0.05) is 42.5 Å². The van der Waals surface area contributed by atoms with Crippen LogP contribution in [0.1, 0.15) is 11.5 Å². The van der Waals surface area contributed by atoms with E-state index in [9.17, 15) is 28.4 Å². The van der Waals surface area contributed by atoms with Crippen molar-refractivity contribution in [3.63, 3.8) is 0 Å². The number of hydrogen-bond acceptors (Lipinski definition) is 10. The summed E-state index contributed by atoms with van der Waals surface area (Å²) in [6.45, 7) is 0. The number of hydrogen-bond donors (Lipinski definition) is 3. The summed E-state index contributed by atoms with van der Waals surface area (Å²) in [7, 11) is -2.14. The van der Waals surface area contributed by atoms with E-state index in [1.165, 1.54) is 48.5 Å². The molecule has 0 aromatic heterocycles. The molecule has 3 aromatic carbocycles. The van der Waals surface area contributed by atoms with E-state index in [4.69, 9.17) is 15.2 Å². The van der Waals surface area contributed by atoms with E-state index >= 15 is 0 Å². The molecular weight excluding hydrogens is 536 g/mol. The Kier molecular flexibility index (Phi) is 7.78. The Labute approximate surface area is 230 Å². The van der Waals surface area contributed by atoms with Crippen LogP contribution in [0.25, 0.3) is 0 Å². The predicted octanol–water partition coefficient (Wildman–Crippen LogP) is 3.09. The summed E-state index contributed by atoms with van der Waals surface area (Å²) in [5.41, 5.74) is 6.21. The number of nitriles is 1. The van der Waals surface area contributed by atoms with Crippen LogP contribution in [-0.4, -0.2) is 39.7 Å². The molecule has 1 atom stereocenters. The van der Waals surface area contributed by atoms with Gasteiger partial charge >= 0.3 is 11.9 Å². The minimum Gasteiger partial charge on any atom is -0.508 e. The first kappa shape index (κ1) is 27.7. The fourth-order valence-corrected chi connectivity index (χ4v) is 5.62. The Morgan fingerprint density at radius 3 is 2.15 bits per heavy atom. The van der Waals surface area contributed by atoms with Crippen LogP contribution < -0.4 is 15.4 Å². The molecule has 0 bridgehead atoms. The van der Waals surface area contributed by atoms with Gasteiger partial charge in [0.2, 0.25) is 0 Å². The van der Waals surface area contributed by atoms with E-state index in [-0.39, 0.29) is 39.0 Å². The number of phenols is 1. The van der Waals surface area contributed by atoms with Gasteiger partial charge in [-0.2, -0.15) is 5.26 Å². The monoisotopic (exact) mass is 560 g/mol. The zero-order valence-corrected chi connectivity index (χ0v) is 22.2. The summed E-state index contributed by atoms with van der Waals surface area (Å²) in [6.07, 6.45) is 0. The van der Waals surface area contributed by atoms with Gasteiger partial charge in [0, 0.05) is 5.69 Å². The molecule has 1 aliphatic heterocycles. The average molecular weight is 561 g/mol. The standard InChI is InChI=1S/C28H24N4O7S/c1-38-27(34)24-23(17-8-4-3-5-9-17)20(16-29)26(30)32(25(24)28(35)39-2)21-10-6-7-11-22(21)40(36,37)31-18-12-14-19(33)15-13-18/h3-15,23,31,33H,30H2,1-2H3. The molecule has 11 nitrogen and oxygen atoms in total. The number of carbonyl (C=O) groups excluding carboxylic acids is 2. The summed E-state index contributed by atoms with van der Waals surface area (Å²) in [5.74, 6) is -3.41. The van der Waals surface area contributed by atoms with E-state index in [0.29, 0.717) is 5.56 Å². The summed E-state index contributed by atoms with van der Waals surface area (Å²) >= 11 is 0. The van der Waals surface area contributed by atoms with Crippen LogP contribution in [0.4, 0.5) is 11.4 Å². The van der Waals surface area contributed by atoms with Crippen LogP contribution in [0, 0.1) is 11.3 Å². The lowest BCUT2D eigenvalue weighted by atomic mass is 9.81. The van der Waals surface area contributed by atoms with Crippen LogP contribution in [0.2, 0.25) is 0 Å². The second kappa shape index (κ2) is 11.2. The van der Waals surface area contributed by atoms with E-state index in [2.05, 4.69) is 4.72 Å². The van der Waals surface area contributed by atoms with Gasteiger partial charge in [0.15, 0.2) is 0 Å². The number of para-hydroxylation sites is 1.